The first-order valence-corrected chi connectivity index (χ1v) is 11.4. The summed E-state index contributed by atoms with van der Waals surface area (Å²) in [6.07, 6.45) is 0.787. The maximum absolute atomic E-state index is 10.0. The lowest BCUT2D eigenvalue weighted by atomic mass is 9.85. The Morgan fingerprint density at radius 3 is 2.24 bits per heavy atom. The zero-order valence-electron chi connectivity index (χ0n) is 21.0. The van der Waals surface area contributed by atoms with Crippen molar-refractivity contribution in [3.63, 3.8) is 0 Å². The van der Waals surface area contributed by atoms with Crippen LogP contribution in [-0.2, 0) is 17.4 Å². The van der Waals surface area contributed by atoms with Crippen molar-refractivity contribution < 1.29 is 0 Å². The van der Waals surface area contributed by atoms with Crippen molar-refractivity contribution in [2.45, 2.75) is 72.3 Å². The van der Waals surface area contributed by atoms with Gasteiger partial charge in [-0.1, -0.05) is 73.2 Å². The third-order valence-electron chi connectivity index (χ3n) is 5.47. The van der Waals surface area contributed by atoms with Gasteiger partial charge in [-0.15, -0.1) is 10.2 Å². The number of nitriles is 1. The Morgan fingerprint density at radius 1 is 1.09 bits per heavy atom. The molecule has 3 rings (SSSR count). The number of para-hydroxylation sites is 1. The second-order valence-corrected chi connectivity index (χ2v) is 10.3. The van der Waals surface area contributed by atoms with E-state index in [1.807, 2.05) is 78.8 Å². The lowest BCUT2D eigenvalue weighted by molar-refractivity contribution is 0.561. The van der Waals surface area contributed by atoms with Crippen molar-refractivity contribution in [2.24, 2.45) is 10.2 Å². The summed E-state index contributed by atoms with van der Waals surface area (Å²) in [6.45, 7) is 22.5. The third-order valence-corrected chi connectivity index (χ3v) is 5.47. The summed E-state index contributed by atoms with van der Waals surface area (Å²) in [4.78, 5) is 3.78. The second kappa shape index (κ2) is 9.15. The molecule has 0 amide bonds. The topological polar surface area (TPSA) is 102 Å². The first-order valence-electron chi connectivity index (χ1n) is 11.4. The van der Waals surface area contributed by atoms with Crippen LogP contribution >= 0.6 is 0 Å². The second-order valence-electron chi connectivity index (χ2n) is 10.3. The van der Waals surface area contributed by atoms with Crippen LogP contribution < -0.4 is 5.73 Å². The van der Waals surface area contributed by atoms with Crippen LogP contribution in [0.4, 0.5) is 23.1 Å². The molecule has 0 spiro atoms. The van der Waals surface area contributed by atoms with E-state index in [1.54, 1.807) is 9.25 Å². The molecule has 3 aromatic rings. The van der Waals surface area contributed by atoms with Crippen molar-refractivity contribution in [2.75, 3.05) is 5.73 Å². The van der Waals surface area contributed by atoms with Crippen LogP contribution in [-0.4, -0.2) is 14.3 Å². The molecule has 0 saturated carbocycles. The van der Waals surface area contributed by atoms with Crippen LogP contribution in [0.1, 0.15) is 71.7 Å². The summed E-state index contributed by atoms with van der Waals surface area (Å²) in [5.74, 6) is 1.18. The number of hydrogen-bond acceptors (Lipinski definition) is 5. The van der Waals surface area contributed by atoms with E-state index in [1.165, 1.54) is 0 Å². The normalized spacial score (nSPS) is 12.1. The quantitative estimate of drug-likeness (QED) is 0.327. The molecule has 0 radical (unpaired) electrons. The first-order chi connectivity index (χ1) is 16.0. The number of benzene rings is 1. The van der Waals surface area contributed by atoms with E-state index < -0.39 is 5.41 Å². The number of aromatic nitrogens is 3. The maximum Gasteiger partial charge on any atom is 0.242 e. The minimum Gasteiger partial charge on any atom is -0.382 e. The first kappa shape index (κ1) is 24.7. The molecule has 2 aromatic heterocycles. The largest absolute Gasteiger partial charge is 0.382 e. The minimum absolute atomic E-state index is 0.343. The van der Waals surface area contributed by atoms with Gasteiger partial charge in [-0.05, 0) is 24.0 Å². The van der Waals surface area contributed by atoms with Gasteiger partial charge in [0.2, 0.25) is 11.6 Å². The minimum atomic E-state index is -0.401. The zero-order chi connectivity index (χ0) is 25.3. The van der Waals surface area contributed by atoms with E-state index in [9.17, 15) is 5.26 Å². The molecule has 0 aliphatic heterocycles. The molecule has 0 fully saturated rings. The Kier molecular flexibility index (Phi) is 6.65. The molecule has 176 valence electrons. The van der Waals surface area contributed by atoms with E-state index >= 15 is 0 Å². The van der Waals surface area contributed by atoms with Crippen LogP contribution in [0.5, 0.6) is 0 Å². The van der Waals surface area contributed by atoms with Gasteiger partial charge in [0, 0.05) is 11.0 Å². The fraction of sp³-hybridized carbons (Fsp3) is 0.423. The van der Waals surface area contributed by atoms with Crippen molar-refractivity contribution in [1.82, 2.24) is 14.3 Å². The summed E-state index contributed by atoms with van der Waals surface area (Å²) in [5, 5.41) is 23.9. The molecule has 0 bridgehead atoms. The molecular formula is C26H32N8. The fourth-order valence-electron chi connectivity index (χ4n) is 3.96. The van der Waals surface area contributed by atoms with Crippen LogP contribution in [0.2, 0.25) is 0 Å². The SMILES string of the molecule is [C-]#[N+]c1c(C(C)(C)C)c(C#N)c(/N=N/c2c(C(C)(C)C)nn(-c3ccccc3)c2N)n1CCC. The van der Waals surface area contributed by atoms with Gasteiger partial charge in [0.1, 0.15) is 11.6 Å². The van der Waals surface area contributed by atoms with Crippen LogP contribution in [0.3, 0.4) is 0 Å². The molecule has 0 unspecified atom stereocenters. The van der Waals surface area contributed by atoms with E-state index in [0.717, 1.165) is 12.1 Å². The monoisotopic (exact) mass is 456 g/mol. The van der Waals surface area contributed by atoms with E-state index in [2.05, 4.69) is 21.1 Å². The highest BCUT2D eigenvalue weighted by molar-refractivity contribution is 5.70. The number of nitrogens with zero attached hydrogens (tertiary/aromatic N) is 7. The van der Waals surface area contributed by atoms with Crippen molar-refractivity contribution in [3.05, 3.63) is 58.6 Å². The van der Waals surface area contributed by atoms with Gasteiger partial charge >= 0.3 is 0 Å². The van der Waals surface area contributed by atoms with E-state index in [4.69, 9.17) is 17.4 Å². The van der Waals surface area contributed by atoms with Gasteiger partial charge in [0.15, 0.2) is 11.5 Å². The maximum atomic E-state index is 10.0. The molecule has 0 aliphatic carbocycles. The summed E-state index contributed by atoms with van der Waals surface area (Å²) < 4.78 is 3.46. The fourth-order valence-corrected chi connectivity index (χ4v) is 3.96. The van der Waals surface area contributed by atoms with Crippen LogP contribution in [0.25, 0.3) is 10.5 Å². The Morgan fingerprint density at radius 2 is 1.74 bits per heavy atom. The highest BCUT2D eigenvalue weighted by Crippen LogP contribution is 2.44. The number of hydrogen-bond donors (Lipinski definition) is 1. The van der Waals surface area contributed by atoms with Gasteiger partial charge in [0.05, 0.1) is 17.9 Å². The Hall–Kier alpha value is -3.91. The molecule has 2 heterocycles. The summed E-state index contributed by atoms with van der Waals surface area (Å²) in [6, 6.07) is 11.9. The lowest BCUT2D eigenvalue weighted by Gasteiger charge is -2.19. The van der Waals surface area contributed by atoms with Gasteiger partial charge < -0.3 is 10.6 Å². The lowest BCUT2D eigenvalue weighted by Crippen LogP contribution is -2.13. The predicted octanol–water partition coefficient (Wildman–Crippen LogP) is 7.10. The standard InChI is InChI=1S/C26H32N8/c1-9-15-33-23(18(16-27)19(24(33)29-8)25(2,3)4)31-30-20-21(26(5,6)7)32-34(22(20)28)17-13-11-10-12-14-17/h10-14H,9,15,28H2,1-7H3/b31-30+. The summed E-state index contributed by atoms with van der Waals surface area (Å²) >= 11 is 0. The molecule has 0 aliphatic rings. The van der Waals surface area contributed by atoms with Gasteiger partial charge in [-0.2, -0.15) is 10.4 Å². The molecule has 1 aromatic carbocycles. The third kappa shape index (κ3) is 4.45. The Balaban J connectivity index is 2.28. The zero-order valence-corrected chi connectivity index (χ0v) is 21.0. The van der Waals surface area contributed by atoms with Gasteiger partial charge in [-0.25, -0.2) is 4.68 Å². The number of nitrogen functional groups attached to an aromatic ring is 1. The molecule has 2 N–H and O–H groups in total. The predicted molar refractivity (Wildman–Crippen MR) is 135 cm³/mol. The van der Waals surface area contributed by atoms with Gasteiger partial charge in [-0.3, -0.25) is 4.57 Å². The molecule has 8 heteroatoms. The molecule has 0 saturated heterocycles. The Bertz CT molecular complexity index is 1300. The van der Waals surface area contributed by atoms with E-state index in [0.29, 0.717) is 46.5 Å². The van der Waals surface area contributed by atoms with Crippen molar-refractivity contribution in [3.8, 4) is 11.8 Å². The number of azo groups is 1. The smallest absolute Gasteiger partial charge is 0.242 e. The van der Waals surface area contributed by atoms with E-state index in [-0.39, 0.29) is 5.41 Å². The van der Waals surface area contributed by atoms with Crippen molar-refractivity contribution >= 4 is 23.1 Å². The Labute approximate surface area is 201 Å². The highest BCUT2D eigenvalue weighted by atomic mass is 15.3. The average Bonchev–Trinajstić information content (AvgIpc) is 3.27. The highest BCUT2D eigenvalue weighted by Gasteiger charge is 2.32. The molecular weight excluding hydrogens is 424 g/mol. The average molecular weight is 457 g/mol. The molecule has 0 atom stereocenters. The van der Waals surface area contributed by atoms with Gasteiger partial charge in [0.25, 0.3) is 0 Å². The molecule has 8 nitrogen and oxygen atoms in total. The summed E-state index contributed by atoms with van der Waals surface area (Å²) in [7, 11) is 0. The van der Waals surface area contributed by atoms with Crippen LogP contribution in [0, 0.1) is 17.9 Å². The molecule has 34 heavy (non-hydrogen) atoms. The summed E-state index contributed by atoms with van der Waals surface area (Å²) in [5.41, 5.74) is 8.83. The van der Waals surface area contributed by atoms with Crippen LogP contribution in [0.15, 0.2) is 40.6 Å². The number of nitrogens with two attached hydrogens (primary N) is 1. The number of anilines is 1. The number of rotatable bonds is 5. The van der Waals surface area contributed by atoms with Crippen molar-refractivity contribution in [1.29, 1.82) is 5.26 Å².